The number of anilines is 1. The first-order valence-corrected chi connectivity index (χ1v) is 10.6. The van der Waals surface area contributed by atoms with E-state index in [4.69, 9.17) is 0 Å². The van der Waals surface area contributed by atoms with Gasteiger partial charge < -0.3 is 10.3 Å². The van der Waals surface area contributed by atoms with Crippen molar-refractivity contribution in [2.24, 2.45) is 0 Å². The van der Waals surface area contributed by atoms with Gasteiger partial charge in [-0.05, 0) is 24.8 Å². The van der Waals surface area contributed by atoms with Crippen molar-refractivity contribution in [2.75, 3.05) is 11.1 Å². The average Bonchev–Trinajstić information content (AvgIpc) is 3.27. The topological polar surface area (TPSA) is 98.6 Å². The molecule has 0 unspecified atom stereocenters. The van der Waals surface area contributed by atoms with Gasteiger partial charge in [-0.25, -0.2) is 4.98 Å². The molecular formula is C20H16N4O2S2. The first kappa shape index (κ1) is 18.5. The number of rotatable bonds is 5. The van der Waals surface area contributed by atoms with Crippen molar-refractivity contribution >= 4 is 34.0 Å². The number of H-pyrrole nitrogens is 1. The lowest BCUT2D eigenvalue weighted by Crippen LogP contribution is -2.15. The van der Waals surface area contributed by atoms with Crippen molar-refractivity contribution in [1.82, 2.24) is 9.97 Å². The van der Waals surface area contributed by atoms with Crippen LogP contribution in [0.25, 0.3) is 11.3 Å². The lowest BCUT2D eigenvalue weighted by Gasteiger charge is -2.05. The molecule has 0 bridgehead atoms. The third-order valence-electron chi connectivity index (χ3n) is 4.42. The molecule has 6 nitrogen and oxygen atoms in total. The highest BCUT2D eigenvalue weighted by Crippen LogP contribution is 2.38. The number of thioether (sulfide) groups is 1. The number of nitrogens with one attached hydrogen (secondary N) is 2. The third kappa shape index (κ3) is 3.86. The molecule has 8 heteroatoms. The van der Waals surface area contributed by atoms with Crippen LogP contribution in [0, 0.1) is 11.3 Å². The number of carbonyl (C=O) groups is 1. The van der Waals surface area contributed by atoms with Crippen LogP contribution < -0.4 is 10.9 Å². The maximum atomic E-state index is 12.4. The largest absolute Gasteiger partial charge is 0.316 e. The van der Waals surface area contributed by atoms with Gasteiger partial charge >= 0.3 is 0 Å². The quantitative estimate of drug-likeness (QED) is 0.497. The van der Waals surface area contributed by atoms with E-state index >= 15 is 0 Å². The summed E-state index contributed by atoms with van der Waals surface area (Å²) >= 11 is 2.65. The Morgan fingerprint density at radius 2 is 2.14 bits per heavy atom. The Hall–Kier alpha value is -2.89. The van der Waals surface area contributed by atoms with Crippen molar-refractivity contribution in [3.05, 3.63) is 62.8 Å². The number of amides is 1. The number of hydrogen-bond acceptors (Lipinski definition) is 6. The van der Waals surface area contributed by atoms with Gasteiger partial charge in [-0.15, -0.1) is 11.3 Å². The Labute approximate surface area is 169 Å². The number of carbonyl (C=O) groups excluding carboxylic acids is 1. The smallest absolute Gasteiger partial charge is 0.252 e. The molecule has 2 aromatic heterocycles. The van der Waals surface area contributed by atoms with Crippen molar-refractivity contribution in [3.63, 3.8) is 0 Å². The summed E-state index contributed by atoms with van der Waals surface area (Å²) in [5.41, 5.74) is 2.81. The molecule has 2 N–H and O–H groups in total. The molecule has 4 rings (SSSR count). The van der Waals surface area contributed by atoms with Gasteiger partial charge in [0, 0.05) is 16.5 Å². The monoisotopic (exact) mass is 408 g/mol. The Kier molecular flexibility index (Phi) is 5.28. The number of thiophene rings is 1. The average molecular weight is 409 g/mol. The molecule has 0 radical (unpaired) electrons. The molecule has 0 saturated carbocycles. The van der Waals surface area contributed by atoms with Crippen LogP contribution in [0.15, 0.2) is 46.3 Å². The third-order valence-corrected chi connectivity index (χ3v) is 6.50. The number of hydrogen-bond donors (Lipinski definition) is 2. The molecule has 140 valence electrons. The van der Waals surface area contributed by atoms with Crippen LogP contribution >= 0.6 is 23.1 Å². The standard InChI is InChI=1S/C20H16N4O2S2/c21-10-14-13-7-4-8-16(13)28-19(14)23-18(26)11-27-20-22-15(9-17(25)24-20)12-5-2-1-3-6-12/h1-3,5-6,9H,4,7-8,11H2,(H,23,26)(H,22,24,25). The van der Waals surface area contributed by atoms with Crippen LogP contribution in [0.3, 0.4) is 0 Å². The van der Waals surface area contributed by atoms with E-state index in [1.54, 1.807) is 0 Å². The number of fused-ring (bicyclic) bond motifs is 1. The normalized spacial score (nSPS) is 12.4. The summed E-state index contributed by atoms with van der Waals surface area (Å²) in [6.07, 6.45) is 2.93. The molecule has 1 aliphatic carbocycles. The highest BCUT2D eigenvalue weighted by molar-refractivity contribution is 7.99. The molecule has 1 amide bonds. The van der Waals surface area contributed by atoms with Gasteiger partial charge in [-0.1, -0.05) is 42.1 Å². The predicted octanol–water partition coefficient (Wildman–Crippen LogP) is 3.59. The van der Waals surface area contributed by atoms with Crippen LogP contribution in [-0.2, 0) is 17.6 Å². The summed E-state index contributed by atoms with van der Waals surface area (Å²) in [7, 11) is 0. The number of benzene rings is 1. The van der Waals surface area contributed by atoms with E-state index in [0.717, 1.165) is 42.2 Å². The van der Waals surface area contributed by atoms with E-state index in [1.165, 1.54) is 22.3 Å². The van der Waals surface area contributed by atoms with Crippen molar-refractivity contribution in [2.45, 2.75) is 24.4 Å². The van der Waals surface area contributed by atoms with Crippen LogP contribution in [0.2, 0.25) is 0 Å². The summed E-state index contributed by atoms with van der Waals surface area (Å²) < 4.78 is 0. The lowest BCUT2D eigenvalue weighted by molar-refractivity contribution is -0.113. The van der Waals surface area contributed by atoms with Crippen molar-refractivity contribution in [3.8, 4) is 17.3 Å². The van der Waals surface area contributed by atoms with E-state index in [1.807, 2.05) is 30.3 Å². The SMILES string of the molecule is N#Cc1c(NC(=O)CSc2nc(-c3ccccc3)cc(=O)[nH]2)sc2c1CCC2. The van der Waals surface area contributed by atoms with Crippen LogP contribution in [0.1, 0.15) is 22.4 Å². The number of aromatic amines is 1. The molecule has 2 heterocycles. The number of aromatic nitrogens is 2. The molecule has 0 spiro atoms. The molecule has 1 aromatic carbocycles. The fraction of sp³-hybridized carbons (Fsp3) is 0.200. The molecular weight excluding hydrogens is 392 g/mol. The first-order valence-electron chi connectivity index (χ1n) is 8.78. The van der Waals surface area contributed by atoms with Gasteiger partial charge in [-0.3, -0.25) is 9.59 Å². The van der Waals surface area contributed by atoms with Crippen molar-refractivity contribution < 1.29 is 4.79 Å². The maximum absolute atomic E-state index is 12.4. The van der Waals surface area contributed by atoms with E-state index < -0.39 is 0 Å². The zero-order chi connectivity index (χ0) is 19.5. The molecule has 0 fully saturated rings. The summed E-state index contributed by atoms with van der Waals surface area (Å²) in [6, 6.07) is 13.1. The van der Waals surface area contributed by atoms with E-state index in [0.29, 0.717) is 21.4 Å². The Morgan fingerprint density at radius 1 is 1.32 bits per heavy atom. The minimum Gasteiger partial charge on any atom is -0.316 e. The zero-order valence-electron chi connectivity index (χ0n) is 14.8. The Balaban J connectivity index is 1.45. The Bertz CT molecular complexity index is 1130. The summed E-state index contributed by atoms with van der Waals surface area (Å²) in [5, 5.41) is 13.3. The second-order valence-electron chi connectivity index (χ2n) is 6.31. The fourth-order valence-electron chi connectivity index (χ4n) is 3.17. The van der Waals surface area contributed by atoms with Gasteiger partial charge in [0.05, 0.1) is 17.0 Å². The van der Waals surface area contributed by atoms with Gasteiger partial charge in [0.2, 0.25) is 5.91 Å². The molecule has 1 aliphatic rings. The van der Waals surface area contributed by atoms with Gasteiger partial charge in [-0.2, -0.15) is 5.26 Å². The van der Waals surface area contributed by atoms with E-state index in [2.05, 4.69) is 21.4 Å². The molecule has 3 aromatic rings. The van der Waals surface area contributed by atoms with Gasteiger partial charge in [0.1, 0.15) is 11.1 Å². The molecule has 0 saturated heterocycles. The van der Waals surface area contributed by atoms with Crippen LogP contribution in [0.4, 0.5) is 5.00 Å². The summed E-state index contributed by atoms with van der Waals surface area (Å²) in [5.74, 6) is -0.136. The lowest BCUT2D eigenvalue weighted by atomic mass is 10.1. The highest BCUT2D eigenvalue weighted by atomic mass is 32.2. The highest BCUT2D eigenvalue weighted by Gasteiger charge is 2.23. The summed E-state index contributed by atoms with van der Waals surface area (Å²) in [6.45, 7) is 0. The fourth-order valence-corrected chi connectivity index (χ4v) is 5.10. The first-order chi connectivity index (χ1) is 13.6. The van der Waals surface area contributed by atoms with Crippen LogP contribution in [0.5, 0.6) is 0 Å². The zero-order valence-corrected chi connectivity index (χ0v) is 16.5. The van der Waals surface area contributed by atoms with Gasteiger partial charge in [0.15, 0.2) is 5.16 Å². The van der Waals surface area contributed by atoms with Crippen LogP contribution in [-0.4, -0.2) is 21.6 Å². The number of aryl methyl sites for hydroxylation is 1. The maximum Gasteiger partial charge on any atom is 0.252 e. The second-order valence-corrected chi connectivity index (χ2v) is 8.38. The van der Waals surface area contributed by atoms with E-state index in [9.17, 15) is 14.9 Å². The predicted molar refractivity (Wildman–Crippen MR) is 111 cm³/mol. The van der Waals surface area contributed by atoms with Crippen molar-refractivity contribution in [1.29, 1.82) is 5.26 Å². The Morgan fingerprint density at radius 3 is 2.93 bits per heavy atom. The minimum absolute atomic E-state index is 0.0919. The minimum atomic E-state index is -0.266. The van der Waals surface area contributed by atoms with E-state index in [-0.39, 0.29) is 17.2 Å². The second kappa shape index (κ2) is 8.00. The van der Waals surface area contributed by atoms with Gasteiger partial charge in [0.25, 0.3) is 5.56 Å². The number of nitrogens with zero attached hydrogens (tertiary/aromatic N) is 2. The molecule has 28 heavy (non-hydrogen) atoms. The molecule has 0 aliphatic heterocycles. The number of nitriles is 1. The molecule has 0 atom stereocenters. The summed E-state index contributed by atoms with van der Waals surface area (Å²) in [4.78, 5) is 32.6.